The Bertz CT molecular complexity index is 250. The monoisotopic (exact) mass is 170 g/mol. The first-order valence-corrected chi connectivity index (χ1v) is 3.77. The zero-order valence-corrected chi connectivity index (χ0v) is 7.29. The van der Waals surface area contributed by atoms with E-state index in [0.717, 1.165) is 5.56 Å². The number of halogens is 1. The topological polar surface area (TPSA) is 20.2 Å². The predicted molar refractivity (Wildman–Crippen MR) is 44.0 cm³/mol. The molecule has 0 unspecified atom stereocenters. The standard InChI is InChI=1S/C9H13FNO/c1-11(2,12)7-8-3-5-9(10)6-4-8/h3-6,12H,7H2,1-2H3/q+1. The lowest BCUT2D eigenvalue weighted by atomic mass is 10.2. The van der Waals surface area contributed by atoms with E-state index < -0.39 is 0 Å². The highest BCUT2D eigenvalue weighted by molar-refractivity contribution is 5.14. The Balaban J connectivity index is 2.71. The molecule has 3 heteroatoms. The third-order valence-corrected chi connectivity index (χ3v) is 1.48. The maximum Gasteiger partial charge on any atom is 0.134 e. The third-order valence-electron chi connectivity index (χ3n) is 1.48. The van der Waals surface area contributed by atoms with E-state index in [9.17, 15) is 9.60 Å². The van der Waals surface area contributed by atoms with Gasteiger partial charge < -0.3 is 0 Å². The van der Waals surface area contributed by atoms with E-state index in [1.165, 1.54) is 12.1 Å². The van der Waals surface area contributed by atoms with Crippen LogP contribution in [-0.2, 0) is 6.54 Å². The molecule has 0 saturated heterocycles. The molecule has 0 aliphatic carbocycles. The molecule has 0 heterocycles. The van der Waals surface area contributed by atoms with E-state index in [0.29, 0.717) is 6.54 Å². The molecular formula is C9H13FNO+. The van der Waals surface area contributed by atoms with E-state index in [1.807, 2.05) is 0 Å². The zero-order chi connectivity index (χ0) is 9.19. The second-order valence-electron chi connectivity index (χ2n) is 3.41. The highest BCUT2D eigenvalue weighted by Gasteiger charge is 2.10. The Morgan fingerprint density at radius 2 is 1.75 bits per heavy atom. The molecule has 66 valence electrons. The predicted octanol–water partition coefficient (Wildman–Crippen LogP) is 1.79. The number of hydrogen-bond donors (Lipinski definition) is 1. The number of nitrogens with zero attached hydrogens (tertiary/aromatic N) is 1. The Hall–Kier alpha value is -0.930. The highest BCUT2D eigenvalue weighted by atomic mass is 19.1. The lowest BCUT2D eigenvalue weighted by molar-refractivity contribution is -1.08. The number of hydroxylamine groups is 3. The van der Waals surface area contributed by atoms with Gasteiger partial charge in [0.1, 0.15) is 12.4 Å². The second kappa shape index (κ2) is 3.21. The summed E-state index contributed by atoms with van der Waals surface area (Å²) in [7, 11) is 3.34. The fourth-order valence-electron chi connectivity index (χ4n) is 1.04. The third kappa shape index (κ3) is 2.98. The van der Waals surface area contributed by atoms with Gasteiger partial charge in [0, 0.05) is 5.56 Å². The van der Waals surface area contributed by atoms with Gasteiger partial charge in [-0.15, -0.1) is 0 Å². The first-order chi connectivity index (χ1) is 5.47. The Kier molecular flexibility index (Phi) is 2.45. The normalized spacial score (nSPS) is 11.7. The number of quaternary nitrogens is 1. The van der Waals surface area contributed by atoms with Gasteiger partial charge in [-0.1, -0.05) is 12.1 Å². The zero-order valence-electron chi connectivity index (χ0n) is 7.29. The fraction of sp³-hybridized carbons (Fsp3) is 0.333. The maximum absolute atomic E-state index is 12.5. The summed E-state index contributed by atoms with van der Waals surface area (Å²) in [5, 5.41) is 9.38. The molecule has 0 bridgehead atoms. The summed E-state index contributed by atoms with van der Waals surface area (Å²) in [6, 6.07) is 6.13. The van der Waals surface area contributed by atoms with Gasteiger partial charge in [-0.05, 0) is 12.1 Å². The van der Waals surface area contributed by atoms with Crippen LogP contribution in [0.4, 0.5) is 4.39 Å². The fourth-order valence-corrected chi connectivity index (χ4v) is 1.04. The van der Waals surface area contributed by atoms with Crippen LogP contribution in [0.3, 0.4) is 0 Å². The minimum Gasteiger partial charge on any atom is -0.217 e. The number of benzene rings is 1. The van der Waals surface area contributed by atoms with Crippen molar-refractivity contribution in [3.05, 3.63) is 35.6 Å². The first-order valence-electron chi connectivity index (χ1n) is 3.77. The number of hydrogen-bond acceptors (Lipinski definition) is 1. The SMILES string of the molecule is C[N+](C)(O)Cc1ccc(F)cc1. The summed E-state index contributed by atoms with van der Waals surface area (Å²) in [5.74, 6) is -0.248. The quantitative estimate of drug-likeness (QED) is 0.530. The van der Waals surface area contributed by atoms with Gasteiger partial charge in [-0.25, -0.2) is 9.60 Å². The minimum absolute atomic E-state index is 0.133. The second-order valence-corrected chi connectivity index (χ2v) is 3.41. The molecule has 1 aromatic rings. The molecule has 1 rings (SSSR count). The van der Waals surface area contributed by atoms with Crippen LogP contribution in [0.2, 0.25) is 0 Å². The largest absolute Gasteiger partial charge is 0.217 e. The summed E-state index contributed by atoms with van der Waals surface area (Å²) in [6.45, 7) is 0.486. The van der Waals surface area contributed by atoms with Gasteiger partial charge in [-0.2, -0.15) is 4.65 Å². The summed E-state index contributed by atoms with van der Waals surface area (Å²) in [5.41, 5.74) is 0.920. The van der Waals surface area contributed by atoms with E-state index in [2.05, 4.69) is 0 Å². The molecule has 1 N–H and O–H groups in total. The molecule has 0 aliphatic heterocycles. The van der Waals surface area contributed by atoms with Crippen LogP contribution in [0, 0.1) is 5.82 Å². The van der Waals surface area contributed by atoms with Gasteiger partial charge in [0.05, 0.1) is 14.1 Å². The van der Waals surface area contributed by atoms with Gasteiger partial charge in [0.2, 0.25) is 0 Å². The van der Waals surface area contributed by atoms with E-state index in [1.54, 1.807) is 26.2 Å². The molecule has 0 fully saturated rings. The van der Waals surface area contributed by atoms with Crippen LogP contribution < -0.4 is 0 Å². The van der Waals surface area contributed by atoms with E-state index in [4.69, 9.17) is 0 Å². The van der Waals surface area contributed by atoms with Crippen LogP contribution in [0.15, 0.2) is 24.3 Å². The van der Waals surface area contributed by atoms with Crippen molar-refractivity contribution in [3.8, 4) is 0 Å². The van der Waals surface area contributed by atoms with E-state index >= 15 is 0 Å². The average molecular weight is 170 g/mol. The smallest absolute Gasteiger partial charge is 0.134 e. The molecule has 0 aliphatic rings. The Morgan fingerprint density at radius 1 is 1.25 bits per heavy atom. The van der Waals surface area contributed by atoms with Crippen LogP contribution in [0.5, 0.6) is 0 Å². The van der Waals surface area contributed by atoms with Crippen LogP contribution >= 0.6 is 0 Å². The van der Waals surface area contributed by atoms with Crippen LogP contribution in [0.25, 0.3) is 0 Å². The summed E-state index contributed by atoms with van der Waals surface area (Å²) < 4.78 is 12.3. The maximum atomic E-state index is 12.5. The summed E-state index contributed by atoms with van der Waals surface area (Å²) in [4.78, 5) is 0. The molecule has 0 aromatic heterocycles. The summed E-state index contributed by atoms with van der Waals surface area (Å²) in [6.07, 6.45) is 0. The summed E-state index contributed by atoms with van der Waals surface area (Å²) >= 11 is 0. The van der Waals surface area contributed by atoms with Crippen molar-refractivity contribution in [2.75, 3.05) is 14.1 Å². The van der Waals surface area contributed by atoms with Crippen molar-refractivity contribution in [3.63, 3.8) is 0 Å². The molecular weight excluding hydrogens is 157 g/mol. The van der Waals surface area contributed by atoms with Crippen LogP contribution in [0.1, 0.15) is 5.56 Å². The molecule has 2 nitrogen and oxygen atoms in total. The van der Waals surface area contributed by atoms with Crippen molar-refractivity contribution in [1.82, 2.24) is 0 Å². The van der Waals surface area contributed by atoms with Gasteiger partial charge in [0.15, 0.2) is 0 Å². The van der Waals surface area contributed by atoms with Crippen molar-refractivity contribution in [2.24, 2.45) is 0 Å². The van der Waals surface area contributed by atoms with E-state index in [-0.39, 0.29) is 10.5 Å². The van der Waals surface area contributed by atoms with Crippen molar-refractivity contribution in [2.45, 2.75) is 6.54 Å². The molecule has 0 spiro atoms. The van der Waals surface area contributed by atoms with Gasteiger partial charge in [0.25, 0.3) is 0 Å². The van der Waals surface area contributed by atoms with Crippen molar-refractivity contribution < 1.29 is 14.2 Å². The van der Waals surface area contributed by atoms with Crippen LogP contribution in [-0.4, -0.2) is 23.9 Å². The highest BCUT2D eigenvalue weighted by Crippen LogP contribution is 2.07. The van der Waals surface area contributed by atoms with Gasteiger partial charge in [-0.3, -0.25) is 0 Å². The minimum atomic E-state index is -0.248. The first kappa shape index (κ1) is 9.16. The lowest BCUT2D eigenvalue weighted by Crippen LogP contribution is -2.34. The lowest BCUT2D eigenvalue weighted by Gasteiger charge is -2.19. The molecule has 0 saturated carbocycles. The molecule has 1 aromatic carbocycles. The molecule has 0 radical (unpaired) electrons. The van der Waals surface area contributed by atoms with Gasteiger partial charge >= 0.3 is 0 Å². The molecule has 12 heavy (non-hydrogen) atoms. The molecule has 0 atom stereocenters. The Labute approximate surface area is 71.4 Å². The Morgan fingerprint density at radius 3 is 2.17 bits per heavy atom. The molecule has 0 amide bonds. The average Bonchev–Trinajstić information content (AvgIpc) is 1.91. The number of rotatable bonds is 2. The van der Waals surface area contributed by atoms with Crippen molar-refractivity contribution in [1.29, 1.82) is 0 Å². The van der Waals surface area contributed by atoms with Crippen molar-refractivity contribution >= 4 is 0 Å².